The molecule has 0 bridgehead atoms. The van der Waals surface area contributed by atoms with E-state index in [4.69, 9.17) is 9.84 Å². The summed E-state index contributed by atoms with van der Waals surface area (Å²) in [5.41, 5.74) is 0. The largest absolute Gasteiger partial charge is 0.481 e. The molecule has 0 heterocycles. The fourth-order valence-electron chi connectivity index (χ4n) is 3.90. The fraction of sp³-hybridized carbons (Fsp3) is 0.636. The van der Waals surface area contributed by atoms with E-state index in [0.29, 0.717) is 6.42 Å². The highest BCUT2D eigenvalue weighted by Crippen LogP contribution is 2.17. The lowest BCUT2D eigenvalue weighted by atomic mass is 10.0. The summed E-state index contributed by atoms with van der Waals surface area (Å²) < 4.78 is 5.80. The maximum Gasteiger partial charge on any atom is 0.309 e. The van der Waals surface area contributed by atoms with E-state index < -0.39 is 5.97 Å². The second-order valence-electron chi connectivity index (χ2n) is 9.57. The van der Waals surface area contributed by atoms with E-state index in [2.05, 4.69) is 62.5 Å². The van der Waals surface area contributed by atoms with Crippen LogP contribution >= 0.6 is 0 Å². The molecule has 4 nitrogen and oxygen atoms in total. The lowest BCUT2D eigenvalue weighted by Gasteiger charge is -2.17. The first kappa shape index (κ1) is 34.6. The Hall–Kier alpha value is -2.36. The van der Waals surface area contributed by atoms with Gasteiger partial charge >= 0.3 is 11.9 Å². The van der Waals surface area contributed by atoms with Gasteiger partial charge < -0.3 is 9.84 Å². The maximum atomic E-state index is 12.4. The molecule has 1 N–H and O–H groups in total. The Balaban J connectivity index is 4.14. The van der Waals surface area contributed by atoms with Crippen LogP contribution in [0.1, 0.15) is 129 Å². The SMILES string of the molecule is CC/C=C\C/C=C\C/C=C\C/C=C\C/C=C\CC(=O)OC(CCCCCCC)CCCCCCC(=O)O. The Morgan fingerprint density at radius 3 is 1.57 bits per heavy atom. The molecule has 0 aromatic rings. The van der Waals surface area contributed by atoms with Crippen molar-refractivity contribution in [2.75, 3.05) is 0 Å². The predicted molar refractivity (Wildman–Crippen MR) is 158 cm³/mol. The van der Waals surface area contributed by atoms with Crippen molar-refractivity contribution in [1.29, 1.82) is 0 Å². The number of carbonyl (C=O) groups is 2. The third kappa shape index (κ3) is 28.1. The second kappa shape index (κ2) is 28.2. The summed E-state index contributed by atoms with van der Waals surface area (Å²) >= 11 is 0. The number of esters is 1. The lowest BCUT2D eigenvalue weighted by Crippen LogP contribution is -2.18. The average molecular weight is 515 g/mol. The van der Waals surface area contributed by atoms with E-state index in [1.165, 1.54) is 25.7 Å². The smallest absolute Gasteiger partial charge is 0.309 e. The molecule has 0 aliphatic rings. The Morgan fingerprint density at radius 2 is 1.08 bits per heavy atom. The molecule has 4 heteroatoms. The molecular formula is C33H54O4. The zero-order valence-corrected chi connectivity index (χ0v) is 23.8. The molecule has 0 aromatic heterocycles. The van der Waals surface area contributed by atoms with Gasteiger partial charge in [-0.05, 0) is 64.2 Å². The molecule has 0 rings (SSSR count). The molecule has 0 aromatic carbocycles. The number of hydrogen-bond acceptors (Lipinski definition) is 3. The molecule has 1 atom stereocenters. The van der Waals surface area contributed by atoms with Crippen molar-refractivity contribution in [3.63, 3.8) is 0 Å². The topological polar surface area (TPSA) is 63.6 Å². The molecule has 0 amide bonds. The van der Waals surface area contributed by atoms with Crippen molar-refractivity contribution in [2.45, 2.75) is 136 Å². The molecule has 210 valence electrons. The van der Waals surface area contributed by atoms with Crippen molar-refractivity contribution in [3.05, 3.63) is 60.8 Å². The third-order valence-corrected chi connectivity index (χ3v) is 6.04. The molecule has 0 saturated carbocycles. The van der Waals surface area contributed by atoms with Crippen LogP contribution in [0.5, 0.6) is 0 Å². The Labute approximate surface area is 227 Å². The predicted octanol–water partition coefficient (Wildman–Crippen LogP) is 9.83. The average Bonchev–Trinajstić information content (AvgIpc) is 2.87. The van der Waals surface area contributed by atoms with Gasteiger partial charge in [-0.15, -0.1) is 0 Å². The first-order valence-electron chi connectivity index (χ1n) is 14.8. The number of allylic oxidation sites excluding steroid dienone is 9. The second-order valence-corrected chi connectivity index (χ2v) is 9.57. The van der Waals surface area contributed by atoms with E-state index in [1.54, 1.807) is 0 Å². The minimum absolute atomic E-state index is 0.0173. The van der Waals surface area contributed by atoms with Crippen molar-refractivity contribution < 1.29 is 19.4 Å². The summed E-state index contributed by atoms with van der Waals surface area (Å²) in [5, 5.41) is 8.75. The van der Waals surface area contributed by atoms with Crippen LogP contribution in [0.15, 0.2) is 60.8 Å². The molecule has 0 aliphatic heterocycles. The highest BCUT2D eigenvalue weighted by molar-refractivity contribution is 5.71. The normalized spacial score (nSPS) is 13.1. The summed E-state index contributed by atoms with van der Waals surface area (Å²) in [6.07, 6.45) is 38.1. The van der Waals surface area contributed by atoms with Gasteiger partial charge in [0.2, 0.25) is 0 Å². The van der Waals surface area contributed by atoms with Crippen molar-refractivity contribution in [1.82, 2.24) is 0 Å². The van der Waals surface area contributed by atoms with Gasteiger partial charge in [0.25, 0.3) is 0 Å². The lowest BCUT2D eigenvalue weighted by molar-refractivity contribution is -0.148. The first-order valence-corrected chi connectivity index (χ1v) is 14.8. The number of ether oxygens (including phenoxy) is 1. The van der Waals surface area contributed by atoms with Gasteiger partial charge in [0.05, 0.1) is 6.42 Å². The van der Waals surface area contributed by atoms with Gasteiger partial charge in [-0.1, -0.05) is 113 Å². The summed E-state index contributed by atoms with van der Waals surface area (Å²) in [4.78, 5) is 23.0. The number of unbranched alkanes of at least 4 members (excludes halogenated alkanes) is 7. The maximum absolute atomic E-state index is 12.4. The van der Waals surface area contributed by atoms with E-state index in [9.17, 15) is 9.59 Å². The molecule has 0 fully saturated rings. The highest BCUT2D eigenvalue weighted by Gasteiger charge is 2.13. The van der Waals surface area contributed by atoms with Crippen LogP contribution in [0.4, 0.5) is 0 Å². The van der Waals surface area contributed by atoms with E-state index in [0.717, 1.165) is 77.0 Å². The van der Waals surface area contributed by atoms with Gasteiger partial charge in [-0.2, -0.15) is 0 Å². The molecular weight excluding hydrogens is 460 g/mol. The molecule has 0 radical (unpaired) electrons. The molecule has 37 heavy (non-hydrogen) atoms. The van der Waals surface area contributed by atoms with Crippen LogP contribution in [0.25, 0.3) is 0 Å². The van der Waals surface area contributed by atoms with Crippen LogP contribution in [-0.4, -0.2) is 23.1 Å². The van der Waals surface area contributed by atoms with Crippen LogP contribution in [0.3, 0.4) is 0 Å². The van der Waals surface area contributed by atoms with Gasteiger partial charge in [-0.25, -0.2) is 0 Å². The van der Waals surface area contributed by atoms with Crippen LogP contribution in [-0.2, 0) is 14.3 Å². The Bertz CT molecular complexity index is 684. The Morgan fingerprint density at radius 1 is 0.622 bits per heavy atom. The van der Waals surface area contributed by atoms with Crippen LogP contribution in [0.2, 0.25) is 0 Å². The summed E-state index contributed by atoms with van der Waals surface area (Å²) in [5.74, 6) is -0.875. The van der Waals surface area contributed by atoms with Crippen molar-refractivity contribution in [2.24, 2.45) is 0 Å². The van der Waals surface area contributed by atoms with Crippen molar-refractivity contribution in [3.8, 4) is 0 Å². The molecule has 1 unspecified atom stereocenters. The zero-order chi connectivity index (χ0) is 27.2. The number of aliphatic carboxylic acids is 1. The number of carboxylic acids is 1. The minimum atomic E-state index is -0.728. The minimum Gasteiger partial charge on any atom is -0.481 e. The number of carbonyl (C=O) groups excluding carboxylic acids is 1. The van der Waals surface area contributed by atoms with E-state index >= 15 is 0 Å². The van der Waals surface area contributed by atoms with E-state index in [1.807, 2.05) is 12.2 Å². The van der Waals surface area contributed by atoms with Gasteiger partial charge in [0.15, 0.2) is 0 Å². The van der Waals surface area contributed by atoms with Crippen LogP contribution < -0.4 is 0 Å². The molecule has 0 saturated heterocycles. The van der Waals surface area contributed by atoms with Crippen molar-refractivity contribution >= 4 is 11.9 Å². The van der Waals surface area contributed by atoms with Gasteiger partial charge in [0.1, 0.15) is 6.10 Å². The number of rotatable bonds is 25. The summed E-state index contributed by atoms with van der Waals surface area (Å²) in [6, 6.07) is 0. The summed E-state index contributed by atoms with van der Waals surface area (Å²) in [7, 11) is 0. The molecule has 0 aliphatic carbocycles. The van der Waals surface area contributed by atoms with Gasteiger partial charge in [0, 0.05) is 6.42 Å². The quantitative estimate of drug-likeness (QED) is 0.0748. The van der Waals surface area contributed by atoms with Gasteiger partial charge in [-0.3, -0.25) is 9.59 Å². The molecule has 0 spiro atoms. The van der Waals surface area contributed by atoms with E-state index in [-0.39, 0.29) is 18.5 Å². The number of hydrogen-bond donors (Lipinski definition) is 1. The third-order valence-electron chi connectivity index (χ3n) is 6.04. The first-order chi connectivity index (χ1) is 18.1. The fourth-order valence-corrected chi connectivity index (χ4v) is 3.90. The zero-order valence-electron chi connectivity index (χ0n) is 23.8. The summed E-state index contributed by atoms with van der Waals surface area (Å²) in [6.45, 7) is 4.36. The number of carboxylic acid groups (broad SMARTS) is 1. The Kier molecular flexibility index (Phi) is 26.4. The standard InChI is InChI=1S/C33H54O4/c1-3-5-7-9-10-11-12-13-14-15-16-17-18-20-26-30-33(36)37-31(27-23-19-8-6-4-2)28-24-21-22-25-29-32(34)35/h5,7,10-11,13-14,16-17,20,26,31H,3-4,6,8-9,12,15,18-19,21-25,27-30H2,1-2H3,(H,34,35)/b7-5-,11-10-,14-13-,17-16-,26-20-. The van der Waals surface area contributed by atoms with Crippen LogP contribution in [0, 0.1) is 0 Å². The monoisotopic (exact) mass is 514 g/mol. The highest BCUT2D eigenvalue weighted by atomic mass is 16.5.